The minimum absolute atomic E-state index is 0.396. The van der Waals surface area contributed by atoms with Crippen LogP contribution in [0.1, 0.15) is 97.9 Å². The Kier molecular flexibility index (Phi) is 9.97. The van der Waals surface area contributed by atoms with Gasteiger partial charge in [-0.05, 0) is 115 Å². The van der Waals surface area contributed by atoms with E-state index in [2.05, 4.69) is 173 Å². The van der Waals surface area contributed by atoms with Gasteiger partial charge in [0.25, 0.3) is 0 Å². The van der Waals surface area contributed by atoms with Crippen LogP contribution < -0.4 is 0 Å². The summed E-state index contributed by atoms with van der Waals surface area (Å²) in [6.45, 7) is 12.6. The summed E-state index contributed by atoms with van der Waals surface area (Å²) in [4.78, 5) is 0. The minimum Gasteiger partial charge on any atom is -0.389 e. The molecule has 2 heteroatoms. The number of fused-ring (bicyclic) bond motifs is 6. The molecule has 0 fully saturated rings. The van der Waals surface area contributed by atoms with Crippen LogP contribution in [0.4, 0.5) is 0 Å². The SMILES string of the molecule is CC(C)c1ccccc1C(=C1c2ccccc2-c2ccccc21)[C@H](C)O.CC(C)c1ccccc1C(=C1c2ccccc2-c2ccccc21)[C@H](C)O. The van der Waals surface area contributed by atoms with Gasteiger partial charge < -0.3 is 10.2 Å². The molecule has 2 aliphatic carbocycles. The normalized spacial score (nSPS) is 13.5. The van der Waals surface area contributed by atoms with Gasteiger partial charge in [0, 0.05) is 0 Å². The number of aliphatic hydroxyl groups is 2. The molecule has 0 unspecified atom stereocenters. The fourth-order valence-electron chi connectivity index (χ4n) is 8.24. The molecule has 0 spiro atoms. The Hall–Kier alpha value is -5.28. The van der Waals surface area contributed by atoms with Crippen LogP contribution in [-0.2, 0) is 0 Å². The molecule has 260 valence electrons. The van der Waals surface area contributed by atoms with E-state index in [-0.39, 0.29) is 0 Å². The third-order valence-corrected chi connectivity index (χ3v) is 10.5. The second-order valence-electron chi connectivity index (χ2n) is 14.6. The van der Waals surface area contributed by atoms with Crippen LogP contribution in [0.5, 0.6) is 0 Å². The topological polar surface area (TPSA) is 40.5 Å². The molecule has 52 heavy (non-hydrogen) atoms. The van der Waals surface area contributed by atoms with E-state index in [4.69, 9.17) is 0 Å². The van der Waals surface area contributed by atoms with Gasteiger partial charge in [0.1, 0.15) is 0 Å². The Morgan fingerprint density at radius 1 is 0.327 bits per heavy atom. The third-order valence-electron chi connectivity index (χ3n) is 10.5. The smallest absolute Gasteiger partial charge is 0.0774 e. The first-order chi connectivity index (χ1) is 25.2. The van der Waals surface area contributed by atoms with Gasteiger partial charge in [-0.1, -0.05) is 173 Å². The molecular formula is C50H48O2. The van der Waals surface area contributed by atoms with Gasteiger partial charge in [0.2, 0.25) is 0 Å². The molecular weight excluding hydrogens is 633 g/mol. The lowest BCUT2D eigenvalue weighted by Crippen LogP contribution is -2.09. The number of rotatable bonds is 6. The summed E-state index contributed by atoms with van der Waals surface area (Å²) >= 11 is 0. The highest BCUT2D eigenvalue weighted by Crippen LogP contribution is 2.50. The molecule has 0 radical (unpaired) electrons. The fraction of sp³-hybridized carbons (Fsp3) is 0.200. The van der Waals surface area contributed by atoms with E-state index in [1.54, 1.807) is 0 Å². The molecule has 2 atom stereocenters. The van der Waals surface area contributed by atoms with Crippen LogP contribution in [0.15, 0.2) is 146 Å². The highest BCUT2D eigenvalue weighted by molar-refractivity contribution is 6.12. The average molecular weight is 681 g/mol. The van der Waals surface area contributed by atoms with Gasteiger partial charge in [0.05, 0.1) is 12.2 Å². The maximum atomic E-state index is 10.8. The lowest BCUT2D eigenvalue weighted by atomic mass is 9.85. The molecule has 0 saturated carbocycles. The number of hydrogen-bond acceptors (Lipinski definition) is 2. The van der Waals surface area contributed by atoms with Crippen LogP contribution >= 0.6 is 0 Å². The summed E-state index contributed by atoms with van der Waals surface area (Å²) in [7, 11) is 0. The molecule has 6 aromatic rings. The van der Waals surface area contributed by atoms with Crippen molar-refractivity contribution in [2.24, 2.45) is 0 Å². The molecule has 2 N–H and O–H groups in total. The second-order valence-corrected chi connectivity index (χ2v) is 14.6. The Morgan fingerprint density at radius 2 is 0.558 bits per heavy atom. The van der Waals surface area contributed by atoms with E-state index in [9.17, 15) is 10.2 Å². The quantitative estimate of drug-likeness (QED) is 0.183. The number of hydrogen-bond donors (Lipinski definition) is 2. The van der Waals surface area contributed by atoms with E-state index < -0.39 is 12.2 Å². The van der Waals surface area contributed by atoms with Crippen LogP contribution in [0.3, 0.4) is 0 Å². The molecule has 2 aliphatic rings. The summed E-state index contributed by atoms with van der Waals surface area (Å²) in [6.07, 6.45) is -1.10. The van der Waals surface area contributed by atoms with Crippen molar-refractivity contribution < 1.29 is 10.2 Å². The molecule has 8 rings (SSSR count). The van der Waals surface area contributed by atoms with Gasteiger partial charge in [-0.25, -0.2) is 0 Å². The number of benzene rings is 6. The number of aliphatic hydroxyl groups excluding tert-OH is 2. The van der Waals surface area contributed by atoms with Crippen LogP contribution in [0, 0.1) is 0 Å². The van der Waals surface area contributed by atoms with Gasteiger partial charge >= 0.3 is 0 Å². The van der Waals surface area contributed by atoms with Gasteiger partial charge in [-0.2, -0.15) is 0 Å². The Labute approximate surface area is 309 Å². The van der Waals surface area contributed by atoms with Crippen molar-refractivity contribution in [3.05, 3.63) is 190 Å². The monoisotopic (exact) mass is 680 g/mol. The summed E-state index contributed by atoms with van der Waals surface area (Å²) in [5, 5.41) is 21.7. The average Bonchev–Trinajstić information content (AvgIpc) is 3.65. The minimum atomic E-state index is -0.552. The Morgan fingerprint density at radius 3 is 0.808 bits per heavy atom. The van der Waals surface area contributed by atoms with Crippen molar-refractivity contribution in [1.29, 1.82) is 0 Å². The van der Waals surface area contributed by atoms with Crippen LogP contribution in [0.25, 0.3) is 44.5 Å². The van der Waals surface area contributed by atoms with Crippen molar-refractivity contribution >= 4 is 22.3 Å². The third kappa shape index (κ3) is 6.27. The Balaban J connectivity index is 0.000000162. The molecule has 0 heterocycles. The predicted molar refractivity (Wildman–Crippen MR) is 220 cm³/mol. The van der Waals surface area contributed by atoms with Crippen molar-refractivity contribution in [3.8, 4) is 22.3 Å². The van der Waals surface area contributed by atoms with E-state index in [1.165, 1.54) is 66.8 Å². The predicted octanol–water partition coefficient (Wildman–Crippen LogP) is 12.3. The first-order valence-corrected chi connectivity index (χ1v) is 18.6. The van der Waals surface area contributed by atoms with Crippen LogP contribution in [0.2, 0.25) is 0 Å². The van der Waals surface area contributed by atoms with Crippen molar-refractivity contribution in [3.63, 3.8) is 0 Å². The molecule has 0 saturated heterocycles. The van der Waals surface area contributed by atoms with E-state index in [0.717, 1.165) is 22.3 Å². The first kappa shape index (κ1) is 35.1. The van der Waals surface area contributed by atoms with Crippen molar-refractivity contribution in [2.45, 2.75) is 65.6 Å². The van der Waals surface area contributed by atoms with Crippen molar-refractivity contribution in [1.82, 2.24) is 0 Å². The standard InChI is InChI=1S/2C25H24O/c2*1-16(2)18-10-4-7-13-21(18)24(17(3)26)25-22-14-8-5-11-19(22)20-12-6-9-15-23(20)25/h2*4-17,26H,1-3H3/t2*17-/m00/s1. The van der Waals surface area contributed by atoms with Gasteiger partial charge in [0.15, 0.2) is 0 Å². The van der Waals surface area contributed by atoms with Gasteiger partial charge in [-0.3, -0.25) is 0 Å². The lowest BCUT2D eigenvalue weighted by Gasteiger charge is -2.21. The van der Waals surface area contributed by atoms with Crippen molar-refractivity contribution in [2.75, 3.05) is 0 Å². The molecule has 6 aromatic carbocycles. The fourth-order valence-corrected chi connectivity index (χ4v) is 8.24. The summed E-state index contributed by atoms with van der Waals surface area (Å²) in [6, 6.07) is 51.0. The zero-order valence-corrected chi connectivity index (χ0v) is 31.1. The highest BCUT2D eigenvalue weighted by atomic mass is 16.3. The zero-order valence-electron chi connectivity index (χ0n) is 31.1. The largest absolute Gasteiger partial charge is 0.389 e. The maximum absolute atomic E-state index is 10.8. The molecule has 0 bridgehead atoms. The summed E-state index contributed by atoms with van der Waals surface area (Å²) in [5.74, 6) is 0.792. The highest BCUT2D eigenvalue weighted by Gasteiger charge is 2.30. The molecule has 0 aliphatic heterocycles. The van der Waals surface area contributed by atoms with E-state index in [0.29, 0.717) is 11.8 Å². The molecule has 2 nitrogen and oxygen atoms in total. The first-order valence-electron chi connectivity index (χ1n) is 18.6. The van der Waals surface area contributed by atoms with E-state index in [1.807, 2.05) is 13.8 Å². The Bertz CT molecular complexity index is 2050. The van der Waals surface area contributed by atoms with Crippen LogP contribution in [-0.4, -0.2) is 22.4 Å². The summed E-state index contributed by atoms with van der Waals surface area (Å²) < 4.78 is 0. The van der Waals surface area contributed by atoms with E-state index >= 15 is 0 Å². The summed E-state index contributed by atoms with van der Waals surface area (Å²) in [5.41, 5.74) is 19.1. The maximum Gasteiger partial charge on any atom is 0.0774 e. The lowest BCUT2D eigenvalue weighted by molar-refractivity contribution is 0.253. The van der Waals surface area contributed by atoms with Gasteiger partial charge in [-0.15, -0.1) is 0 Å². The second kappa shape index (κ2) is 14.8. The molecule has 0 aromatic heterocycles. The molecule has 0 amide bonds. The zero-order chi connectivity index (χ0) is 36.5.